The number of halogens is 3. The lowest BCUT2D eigenvalue weighted by Crippen LogP contribution is -2.38. The molecule has 0 bridgehead atoms. The normalized spacial score (nSPS) is 15.4. The Hall–Kier alpha value is -0.670. The van der Waals surface area contributed by atoms with Crippen LogP contribution in [0.4, 0.5) is 13.2 Å². The molecule has 0 saturated carbocycles. The van der Waals surface area contributed by atoms with E-state index in [0.29, 0.717) is 5.92 Å². The predicted octanol–water partition coefficient (Wildman–Crippen LogP) is 4.21. The Balaban J connectivity index is 4.70. The van der Waals surface area contributed by atoms with E-state index in [4.69, 9.17) is 0 Å². The summed E-state index contributed by atoms with van der Waals surface area (Å²) < 4.78 is 37.4. The summed E-state index contributed by atoms with van der Waals surface area (Å²) in [7, 11) is 1.48. The van der Waals surface area contributed by atoms with E-state index in [1.807, 2.05) is 20.8 Å². The molecular formula is C12H22F3N. The first kappa shape index (κ1) is 15.3. The first-order chi connectivity index (χ1) is 7.20. The lowest BCUT2D eigenvalue weighted by atomic mass is 9.99. The highest BCUT2D eigenvalue weighted by atomic mass is 19.4. The van der Waals surface area contributed by atoms with Gasteiger partial charge < -0.3 is 4.90 Å². The fraction of sp³-hybridized carbons (Fsp3) is 0.833. The molecule has 0 fully saturated rings. The molecule has 0 rings (SSSR count). The molecule has 4 heteroatoms. The minimum atomic E-state index is -4.17. The van der Waals surface area contributed by atoms with Crippen molar-refractivity contribution in [2.24, 2.45) is 5.92 Å². The summed E-state index contributed by atoms with van der Waals surface area (Å²) in [5, 5.41) is 0. The number of rotatable bonds is 5. The standard InChI is InChI=1S/C12H22F3N/c1-6-7-11(9(2)3)8-16(5)10(4)12(13,14)15/h8-10H,6-7H2,1-5H3/b11-8+. The van der Waals surface area contributed by atoms with E-state index in [2.05, 4.69) is 0 Å². The highest BCUT2D eigenvalue weighted by Crippen LogP contribution is 2.25. The Morgan fingerprint density at radius 2 is 1.75 bits per heavy atom. The van der Waals surface area contributed by atoms with Gasteiger partial charge in [0.15, 0.2) is 0 Å². The molecule has 0 aromatic heterocycles. The summed E-state index contributed by atoms with van der Waals surface area (Å²) in [6.07, 6.45) is -0.712. The van der Waals surface area contributed by atoms with Gasteiger partial charge in [-0.2, -0.15) is 13.2 Å². The van der Waals surface area contributed by atoms with Crippen LogP contribution in [-0.4, -0.2) is 24.2 Å². The number of allylic oxidation sites excluding steroid dienone is 1. The molecule has 1 nitrogen and oxygen atoms in total. The van der Waals surface area contributed by atoms with Crippen molar-refractivity contribution in [1.82, 2.24) is 4.90 Å². The Bertz CT molecular complexity index is 231. The van der Waals surface area contributed by atoms with Gasteiger partial charge in [-0.1, -0.05) is 32.8 Å². The lowest BCUT2D eigenvalue weighted by Gasteiger charge is -2.27. The largest absolute Gasteiger partial charge is 0.408 e. The Morgan fingerprint density at radius 3 is 2.06 bits per heavy atom. The Morgan fingerprint density at radius 1 is 1.25 bits per heavy atom. The molecule has 96 valence electrons. The number of nitrogens with zero attached hydrogens (tertiary/aromatic N) is 1. The molecule has 0 N–H and O–H groups in total. The lowest BCUT2D eigenvalue weighted by molar-refractivity contribution is -0.169. The van der Waals surface area contributed by atoms with Crippen molar-refractivity contribution in [3.63, 3.8) is 0 Å². The van der Waals surface area contributed by atoms with Crippen molar-refractivity contribution in [3.05, 3.63) is 11.8 Å². The van der Waals surface area contributed by atoms with E-state index >= 15 is 0 Å². The van der Waals surface area contributed by atoms with Gasteiger partial charge in [-0.25, -0.2) is 0 Å². The van der Waals surface area contributed by atoms with Crippen LogP contribution >= 0.6 is 0 Å². The molecule has 16 heavy (non-hydrogen) atoms. The third kappa shape index (κ3) is 4.90. The zero-order valence-electron chi connectivity index (χ0n) is 10.7. The molecule has 0 saturated heterocycles. The molecule has 0 aliphatic rings. The maximum absolute atomic E-state index is 12.5. The monoisotopic (exact) mass is 237 g/mol. The van der Waals surface area contributed by atoms with E-state index < -0.39 is 12.2 Å². The maximum Gasteiger partial charge on any atom is 0.408 e. The van der Waals surface area contributed by atoms with Gasteiger partial charge in [0.25, 0.3) is 0 Å². The Labute approximate surface area is 96.3 Å². The van der Waals surface area contributed by atoms with E-state index in [1.165, 1.54) is 18.9 Å². The molecule has 0 amide bonds. The van der Waals surface area contributed by atoms with Gasteiger partial charge in [0.2, 0.25) is 0 Å². The Kier molecular flexibility index (Phi) is 5.90. The van der Waals surface area contributed by atoms with Crippen molar-refractivity contribution in [2.75, 3.05) is 7.05 Å². The quantitative estimate of drug-likeness (QED) is 0.692. The summed E-state index contributed by atoms with van der Waals surface area (Å²) in [6.45, 7) is 7.23. The zero-order valence-corrected chi connectivity index (χ0v) is 10.7. The molecular weight excluding hydrogens is 215 g/mol. The zero-order chi connectivity index (χ0) is 12.9. The van der Waals surface area contributed by atoms with Crippen LogP contribution in [0.5, 0.6) is 0 Å². The second-order valence-electron chi connectivity index (χ2n) is 4.49. The highest BCUT2D eigenvalue weighted by Gasteiger charge is 2.38. The van der Waals surface area contributed by atoms with Crippen molar-refractivity contribution in [3.8, 4) is 0 Å². The van der Waals surface area contributed by atoms with Crippen LogP contribution < -0.4 is 0 Å². The predicted molar refractivity (Wildman–Crippen MR) is 61.1 cm³/mol. The minimum Gasteiger partial charge on any atom is -0.369 e. The SMILES string of the molecule is CCC/C(=C\N(C)C(C)C(F)(F)F)C(C)C. The average Bonchev–Trinajstić information content (AvgIpc) is 2.14. The third-order valence-corrected chi connectivity index (χ3v) is 2.73. The second kappa shape index (κ2) is 6.16. The van der Waals surface area contributed by atoms with Crippen molar-refractivity contribution < 1.29 is 13.2 Å². The van der Waals surface area contributed by atoms with Gasteiger partial charge in [-0.3, -0.25) is 0 Å². The van der Waals surface area contributed by atoms with Crippen molar-refractivity contribution in [2.45, 2.75) is 52.8 Å². The van der Waals surface area contributed by atoms with Gasteiger partial charge >= 0.3 is 6.18 Å². The van der Waals surface area contributed by atoms with Crippen molar-refractivity contribution >= 4 is 0 Å². The van der Waals surface area contributed by atoms with Crippen LogP contribution in [0.15, 0.2) is 11.8 Å². The topological polar surface area (TPSA) is 3.24 Å². The van der Waals surface area contributed by atoms with Crippen molar-refractivity contribution in [1.29, 1.82) is 0 Å². The van der Waals surface area contributed by atoms with Crippen LogP contribution in [0.2, 0.25) is 0 Å². The first-order valence-corrected chi connectivity index (χ1v) is 5.69. The molecule has 0 radical (unpaired) electrons. The minimum absolute atomic E-state index is 0.294. The third-order valence-electron chi connectivity index (χ3n) is 2.73. The smallest absolute Gasteiger partial charge is 0.369 e. The average molecular weight is 237 g/mol. The van der Waals surface area contributed by atoms with E-state index in [0.717, 1.165) is 18.4 Å². The number of alkyl halides is 3. The van der Waals surface area contributed by atoms with Crippen LogP contribution in [0.3, 0.4) is 0 Å². The first-order valence-electron chi connectivity index (χ1n) is 5.69. The van der Waals surface area contributed by atoms with Crippen LogP contribution in [0, 0.1) is 5.92 Å². The van der Waals surface area contributed by atoms with Crippen LogP contribution in [-0.2, 0) is 0 Å². The maximum atomic E-state index is 12.5. The molecule has 0 aromatic rings. The van der Waals surface area contributed by atoms with Crippen LogP contribution in [0.25, 0.3) is 0 Å². The van der Waals surface area contributed by atoms with Gasteiger partial charge in [-0.05, 0) is 25.5 Å². The van der Waals surface area contributed by atoms with Crippen LogP contribution in [0.1, 0.15) is 40.5 Å². The van der Waals surface area contributed by atoms with E-state index in [-0.39, 0.29) is 0 Å². The molecule has 0 aromatic carbocycles. The van der Waals surface area contributed by atoms with E-state index in [9.17, 15) is 13.2 Å². The van der Waals surface area contributed by atoms with Gasteiger partial charge in [0.1, 0.15) is 6.04 Å². The molecule has 0 spiro atoms. The number of hydrogen-bond donors (Lipinski definition) is 0. The fourth-order valence-electron chi connectivity index (χ4n) is 1.40. The fourth-order valence-corrected chi connectivity index (χ4v) is 1.40. The summed E-state index contributed by atoms with van der Waals surface area (Å²) in [6, 6.07) is -1.43. The molecule has 1 unspecified atom stereocenters. The van der Waals surface area contributed by atoms with Gasteiger partial charge in [0, 0.05) is 7.05 Å². The van der Waals surface area contributed by atoms with E-state index in [1.54, 1.807) is 6.20 Å². The number of hydrogen-bond acceptors (Lipinski definition) is 1. The summed E-state index contributed by atoms with van der Waals surface area (Å²) >= 11 is 0. The van der Waals surface area contributed by atoms with Gasteiger partial charge in [-0.15, -0.1) is 0 Å². The summed E-state index contributed by atoms with van der Waals surface area (Å²) in [4.78, 5) is 1.25. The molecule has 0 aliphatic carbocycles. The second-order valence-corrected chi connectivity index (χ2v) is 4.49. The molecule has 1 atom stereocenters. The summed E-state index contributed by atoms with van der Waals surface area (Å²) in [5.74, 6) is 0.294. The summed E-state index contributed by atoms with van der Waals surface area (Å²) in [5.41, 5.74) is 1.07. The molecule has 0 heterocycles. The molecule has 0 aliphatic heterocycles. The van der Waals surface area contributed by atoms with Gasteiger partial charge in [0.05, 0.1) is 0 Å². The highest BCUT2D eigenvalue weighted by molar-refractivity contribution is 5.04.